The van der Waals surface area contributed by atoms with Crippen LogP contribution in [0.1, 0.15) is 12.8 Å². The molecule has 2 aromatic carbocycles. The van der Waals surface area contributed by atoms with Crippen LogP contribution in [0.2, 0.25) is 0 Å². The van der Waals surface area contributed by atoms with E-state index in [0.29, 0.717) is 23.6 Å². The molecule has 3 aromatic rings. The summed E-state index contributed by atoms with van der Waals surface area (Å²) >= 11 is 0. The van der Waals surface area contributed by atoms with Crippen LogP contribution in [0.25, 0.3) is 11.1 Å². The zero-order valence-corrected chi connectivity index (χ0v) is 15.1. The van der Waals surface area contributed by atoms with E-state index in [1.54, 1.807) is 24.4 Å². The van der Waals surface area contributed by atoms with Gasteiger partial charge in [0, 0.05) is 24.6 Å². The molecular weight excluding hydrogens is 352 g/mol. The second kappa shape index (κ2) is 7.84. The van der Waals surface area contributed by atoms with Crippen LogP contribution in [0, 0.1) is 0 Å². The highest BCUT2D eigenvalue weighted by Crippen LogP contribution is 2.21. The average molecular weight is 370 g/mol. The highest BCUT2D eigenvalue weighted by Gasteiger charge is 2.25. The second-order valence-corrected chi connectivity index (χ2v) is 6.34. The van der Waals surface area contributed by atoms with Crippen molar-refractivity contribution in [2.75, 3.05) is 10.3 Å². The predicted octanol–water partition coefficient (Wildman–Crippen LogP) is 3.87. The number of hydrogen-bond acceptors (Lipinski definition) is 4. The van der Waals surface area contributed by atoms with E-state index < -0.39 is 0 Å². The van der Waals surface area contributed by atoms with Crippen LogP contribution in [-0.2, 0) is 9.59 Å². The Hall–Kier alpha value is -3.80. The largest absolute Gasteiger partial charge is 0.305 e. The number of para-hydroxylation sites is 1. The summed E-state index contributed by atoms with van der Waals surface area (Å²) in [4.78, 5) is 29.1. The Labute approximate surface area is 162 Å². The van der Waals surface area contributed by atoms with Gasteiger partial charge in [0.15, 0.2) is 0 Å². The van der Waals surface area contributed by atoms with Gasteiger partial charge in [-0.3, -0.25) is 9.59 Å². The minimum absolute atomic E-state index is 0.131. The van der Waals surface area contributed by atoms with E-state index in [2.05, 4.69) is 15.4 Å². The summed E-state index contributed by atoms with van der Waals surface area (Å²) in [5.74, 6) is -0.0444. The van der Waals surface area contributed by atoms with E-state index in [1.807, 2.05) is 54.6 Å². The Balaban J connectivity index is 1.49. The van der Waals surface area contributed by atoms with Crippen LogP contribution in [0.5, 0.6) is 0 Å². The van der Waals surface area contributed by atoms with Gasteiger partial charge in [-0.05, 0) is 29.8 Å². The summed E-state index contributed by atoms with van der Waals surface area (Å²) in [5.41, 5.74) is 2.97. The average Bonchev–Trinajstić information content (AvgIpc) is 2.76. The first-order chi connectivity index (χ1) is 13.7. The maximum atomic E-state index is 12.6. The van der Waals surface area contributed by atoms with Crippen molar-refractivity contribution in [3.05, 3.63) is 79.0 Å². The van der Waals surface area contributed by atoms with Crippen molar-refractivity contribution in [2.45, 2.75) is 12.8 Å². The van der Waals surface area contributed by atoms with Gasteiger partial charge >= 0.3 is 0 Å². The maximum Gasteiger partial charge on any atom is 0.273 e. The molecule has 138 valence electrons. The lowest BCUT2D eigenvalue weighted by molar-refractivity contribution is -0.118. The van der Waals surface area contributed by atoms with Crippen molar-refractivity contribution in [2.24, 2.45) is 5.10 Å². The number of amides is 2. The molecule has 1 N–H and O–H groups in total. The third-order valence-corrected chi connectivity index (χ3v) is 4.41. The van der Waals surface area contributed by atoms with Crippen LogP contribution in [0.3, 0.4) is 0 Å². The molecule has 0 atom stereocenters. The summed E-state index contributed by atoms with van der Waals surface area (Å²) in [6.07, 6.45) is 2.26. The molecule has 1 aromatic heterocycles. The molecule has 6 heteroatoms. The van der Waals surface area contributed by atoms with Gasteiger partial charge < -0.3 is 5.32 Å². The zero-order valence-electron chi connectivity index (χ0n) is 15.1. The van der Waals surface area contributed by atoms with Gasteiger partial charge in [-0.15, -0.1) is 0 Å². The number of benzene rings is 2. The number of hydrazone groups is 1. The van der Waals surface area contributed by atoms with E-state index in [1.165, 1.54) is 5.01 Å². The van der Waals surface area contributed by atoms with Gasteiger partial charge in [-0.25, -0.2) is 9.99 Å². The second-order valence-electron chi connectivity index (χ2n) is 6.34. The Kier molecular flexibility index (Phi) is 4.93. The molecule has 4 rings (SSSR count). The topological polar surface area (TPSA) is 74.7 Å². The molecular formula is C22H18N4O2. The van der Waals surface area contributed by atoms with Gasteiger partial charge in [0.25, 0.3) is 5.91 Å². The number of pyridine rings is 1. The van der Waals surface area contributed by atoms with Gasteiger partial charge in [0.1, 0.15) is 11.5 Å². The molecule has 1 aliphatic heterocycles. The van der Waals surface area contributed by atoms with Crippen molar-refractivity contribution in [1.29, 1.82) is 0 Å². The highest BCUT2D eigenvalue weighted by atomic mass is 16.2. The summed E-state index contributed by atoms with van der Waals surface area (Å²) in [6.45, 7) is 0. The normalized spacial score (nSPS) is 13.8. The molecule has 0 spiro atoms. The fraction of sp³-hybridized carbons (Fsp3) is 0.0909. The first-order valence-electron chi connectivity index (χ1n) is 8.99. The van der Waals surface area contributed by atoms with E-state index in [0.717, 1.165) is 11.1 Å². The number of hydrogen-bond donors (Lipinski definition) is 1. The van der Waals surface area contributed by atoms with Gasteiger partial charge in [-0.2, -0.15) is 5.10 Å². The third kappa shape index (κ3) is 3.81. The smallest absolute Gasteiger partial charge is 0.273 e. The number of nitrogens with one attached hydrogen (secondary N) is 1. The molecule has 0 saturated heterocycles. The van der Waals surface area contributed by atoms with Crippen LogP contribution >= 0.6 is 0 Å². The fourth-order valence-electron chi connectivity index (χ4n) is 2.95. The monoisotopic (exact) mass is 370 g/mol. The summed E-state index contributed by atoms with van der Waals surface area (Å²) in [6, 6.07) is 22.6. The summed E-state index contributed by atoms with van der Waals surface area (Å²) < 4.78 is 0. The lowest BCUT2D eigenvalue weighted by Gasteiger charge is -2.23. The fourth-order valence-corrected chi connectivity index (χ4v) is 2.95. The van der Waals surface area contributed by atoms with Gasteiger partial charge in [-0.1, -0.05) is 48.5 Å². The molecule has 2 heterocycles. The highest BCUT2D eigenvalue weighted by molar-refractivity contribution is 6.44. The maximum absolute atomic E-state index is 12.6. The lowest BCUT2D eigenvalue weighted by Crippen LogP contribution is -2.36. The standard InChI is InChI=1S/C22H18N4O2/c27-21-14-12-19(25-26(21)18-9-5-2-6-10-18)22(28)24-20-13-11-17(15-23-20)16-7-3-1-4-8-16/h1-11,13,15H,12,14H2,(H,23,24,28). The minimum Gasteiger partial charge on any atom is -0.305 e. The molecule has 0 radical (unpaired) electrons. The van der Waals surface area contributed by atoms with Crippen LogP contribution in [0.4, 0.5) is 11.5 Å². The molecule has 0 aliphatic carbocycles. The van der Waals surface area contributed by atoms with Gasteiger partial charge in [0.2, 0.25) is 5.91 Å². The molecule has 1 aliphatic rings. The van der Waals surface area contributed by atoms with Crippen molar-refractivity contribution in [3.63, 3.8) is 0 Å². The van der Waals surface area contributed by atoms with E-state index in [-0.39, 0.29) is 18.2 Å². The van der Waals surface area contributed by atoms with Crippen molar-refractivity contribution >= 4 is 29.0 Å². The number of carbonyl (C=O) groups is 2. The first-order valence-corrected chi connectivity index (χ1v) is 8.99. The number of aromatic nitrogens is 1. The Morgan fingerprint density at radius 2 is 1.57 bits per heavy atom. The van der Waals surface area contributed by atoms with E-state index in [9.17, 15) is 9.59 Å². The number of nitrogens with zero attached hydrogens (tertiary/aromatic N) is 3. The summed E-state index contributed by atoms with van der Waals surface area (Å²) in [5, 5.41) is 8.30. The zero-order chi connectivity index (χ0) is 19.3. The Bertz CT molecular complexity index is 1020. The molecule has 2 amide bonds. The molecule has 0 saturated carbocycles. The number of carbonyl (C=O) groups excluding carboxylic acids is 2. The van der Waals surface area contributed by atoms with Crippen molar-refractivity contribution in [1.82, 2.24) is 4.98 Å². The molecule has 0 bridgehead atoms. The molecule has 0 fully saturated rings. The number of anilines is 2. The van der Waals surface area contributed by atoms with Crippen LogP contribution in [-0.4, -0.2) is 22.5 Å². The Morgan fingerprint density at radius 1 is 0.857 bits per heavy atom. The third-order valence-electron chi connectivity index (χ3n) is 4.41. The quantitative estimate of drug-likeness (QED) is 0.757. The molecule has 6 nitrogen and oxygen atoms in total. The summed E-state index contributed by atoms with van der Waals surface area (Å²) in [7, 11) is 0. The minimum atomic E-state index is -0.353. The van der Waals surface area contributed by atoms with E-state index in [4.69, 9.17) is 0 Å². The number of rotatable bonds is 4. The first kappa shape index (κ1) is 17.6. The van der Waals surface area contributed by atoms with Crippen LogP contribution in [0.15, 0.2) is 84.1 Å². The van der Waals surface area contributed by atoms with E-state index >= 15 is 0 Å². The molecule has 28 heavy (non-hydrogen) atoms. The van der Waals surface area contributed by atoms with Gasteiger partial charge in [0.05, 0.1) is 5.69 Å². The SMILES string of the molecule is O=C(Nc1ccc(-c2ccccc2)cn1)C1=NN(c2ccccc2)C(=O)CC1. The Morgan fingerprint density at radius 3 is 2.25 bits per heavy atom. The molecule has 0 unspecified atom stereocenters. The lowest BCUT2D eigenvalue weighted by atomic mass is 10.1. The van der Waals surface area contributed by atoms with Crippen LogP contribution < -0.4 is 10.3 Å². The van der Waals surface area contributed by atoms with Crippen molar-refractivity contribution in [3.8, 4) is 11.1 Å². The predicted molar refractivity (Wildman–Crippen MR) is 109 cm³/mol. The van der Waals surface area contributed by atoms with Crippen molar-refractivity contribution < 1.29 is 9.59 Å².